The first-order valence-electron chi connectivity index (χ1n) is 7.26. The standard InChI is InChI=1S/C17H19BrN2O3/c1-11(2)15-6-4-13(8-12(15)3)22-10-17(21)20-19-9-14-5-7-16(18)23-14/h4-9,11H,10H2,1-3H3,(H,20,21)/b19-9+. The third-order valence-corrected chi connectivity index (χ3v) is 3.63. The zero-order chi connectivity index (χ0) is 16.8. The minimum atomic E-state index is -0.336. The van der Waals surface area contributed by atoms with Gasteiger partial charge in [0.25, 0.3) is 5.91 Å². The summed E-state index contributed by atoms with van der Waals surface area (Å²) in [6.07, 6.45) is 1.42. The van der Waals surface area contributed by atoms with Crippen LogP contribution in [0.3, 0.4) is 0 Å². The fourth-order valence-electron chi connectivity index (χ4n) is 2.13. The zero-order valence-corrected chi connectivity index (χ0v) is 14.9. The maximum absolute atomic E-state index is 11.7. The Kier molecular flexibility index (Phi) is 5.98. The molecular weight excluding hydrogens is 360 g/mol. The predicted molar refractivity (Wildman–Crippen MR) is 92.9 cm³/mol. The molecule has 0 radical (unpaired) electrons. The van der Waals surface area contributed by atoms with Crippen LogP contribution in [0.25, 0.3) is 0 Å². The molecule has 1 amide bonds. The van der Waals surface area contributed by atoms with Crippen molar-refractivity contribution < 1.29 is 13.9 Å². The summed E-state index contributed by atoms with van der Waals surface area (Å²) in [5, 5.41) is 3.80. The van der Waals surface area contributed by atoms with Crippen LogP contribution in [0.2, 0.25) is 0 Å². The van der Waals surface area contributed by atoms with Gasteiger partial charge >= 0.3 is 0 Å². The minimum absolute atomic E-state index is 0.0976. The fraction of sp³-hybridized carbons (Fsp3) is 0.294. The van der Waals surface area contributed by atoms with Gasteiger partial charge in [-0.25, -0.2) is 5.43 Å². The van der Waals surface area contributed by atoms with Gasteiger partial charge in [0.1, 0.15) is 11.5 Å². The van der Waals surface area contributed by atoms with Gasteiger partial charge in [0.2, 0.25) is 0 Å². The number of carbonyl (C=O) groups excluding carboxylic acids is 1. The van der Waals surface area contributed by atoms with Crippen molar-refractivity contribution in [1.29, 1.82) is 0 Å². The van der Waals surface area contributed by atoms with E-state index in [1.165, 1.54) is 11.8 Å². The molecule has 1 aromatic carbocycles. The summed E-state index contributed by atoms with van der Waals surface area (Å²) >= 11 is 3.19. The molecule has 0 aliphatic heterocycles. The third kappa shape index (κ3) is 5.25. The molecule has 0 aliphatic carbocycles. The molecule has 0 saturated heterocycles. The number of benzene rings is 1. The topological polar surface area (TPSA) is 63.8 Å². The van der Waals surface area contributed by atoms with Crippen LogP contribution in [-0.4, -0.2) is 18.7 Å². The minimum Gasteiger partial charge on any atom is -0.484 e. The number of rotatable bonds is 6. The van der Waals surface area contributed by atoms with Crippen molar-refractivity contribution in [3.05, 3.63) is 51.9 Å². The van der Waals surface area contributed by atoms with Gasteiger partial charge in [0.05, 0.1) is 6.21 Å². The van der Waals surface area contributed by atoms with Crippen molar-refractivity contribution in [2.75, 3.05) is 6.61 Å². The summed E-state index contributed by atoms with van der Waals surface area (Å²) in [5.74, 6) is 1.33. The van der Waals surface area contributed by atoms with Crippen LogP contribution in [0.5, 0.6) is 5.75 Å². The van der Waals surface area contributed by atoms with Gasteiger partial charge in [0, 0.05) is 0 Å². The number of nitrogens with one attached hydrogen (secondary N) is 1. The highest BCUT2D eigenvalue weighted by molar-refractivity contribution is 9.10. The van der Waals surface area contributed by atoms with Crippen molar-refractivity contribution in [3.63, 3.8) is 0 Å². The van der Waals surface area contributed by atoms with Crippen LogP contribution in [0.4, 0.5) is 0 Å². The second-order valence-electron chi connectivity index (χ2n) is 5.40. The monoisotopic (exact) mass is 378 g/mol. The number of halogens is 1. The molecule has 1 heterocycles. The summed E-state index contributed by atoms with van der Waals surface area (Å²) in [4.78, 5) is 11.7. The van der Waals surface area contributed by atoms with E-state index in [4.69, 9.17) is 9.15 Å². The molecule has 0 aliphatic rings. The molecule has 1 aromatic heterocycles. The normalized spacial score (nSPS) is 11.2. The molecule has 0 fully saturated rings. The lowest BCUT2D eigenvalue weighted by atomic mass is 9.98. The average Bonchev–Trinajstić information content (AvgIpc) is 2.90. The lowest BCUT2D eigenvalue weighted by molar-refractivity contribution is -0.123. The van der Waals surface area contributed by atoms with Crippen molar-refractivity contribution in [3.8, 4) is 5.75 Å². The Balaban J connectivity index is 1.82. The molecule has 0 saturated carbocycles. The maximum atomic E-state index is 11.7. The van der Waals surface area contributed by atoms with Crippen LogP contribution in [-0.2, 0) is 4.79 Å². The molecule has 2 aromatic rings. The van der Waals surface area contributed by atoms with E-state index in [1.54, 1.807) is 12.1 Å². The second-order valence-corrected chi connectivity index (χ2v) is 6.18. The Bertz CT molecular complexity index is 708. The number of ether oxygens (including phenoxy) is 1. The molecule has 122 valence electrons. The van der Waals surface area contributed by atoms with Gasteiger partial charge in [-0.2, -0.15) is 5.10 Å². The Morgan fingerprint density at radius 3 is 2.78 bits per heavy atom. The number of furan rings is 1. The Morgan fingerprint density at radius 2 is 2.17 bits per heavy atom. The quantitative estimate of drug-likeness (QED) is 0.610. The van der Waals surface area contributed by atoms with E-state index in [1.807, 2.05) is 25.1 Å². The molecule has 0 unspecified atom stereocenters. The Morgan fingerprint density at radius 1 is 1.39 bits per heavy atom. The largest absolute Gasteiger partial charge is 0.484 e. The molecule has 1 N–H and O–H groups in total. The SMILES string of the molecule is Cc1cc(OCC(=O)N/N=C/c2ccc(Br)o2)ccc1C(C)C. The maximum Gasteiger partial charge on any atom is 0.277 e. The van der Waals surface area contributed by atoms with Crippen molar-refractivity contribution in [2.24, 2.45) is 5.10 Å². The van der Waals surface area contributed by atoms with E-state index < -0.39 is 0 Å². The molecule has 0 spiro atoms. The summed E-state index contributed by atoms with van der Waals surface area (Å²) < 4.78 is 11.3. The molecule has 23 heavy (non-hydrogen) atoms. The highest BCUT2D eigenvalue weighted by Gasteiger charge is 2.06. The number of amides is 1. The Labute approximate surface area is 143 Å². The number of hydrazone groups is 1. The molecule has 6 heteroatoms. The summed E-state index contributed by atoms with van der Waals surface area (Å²) in [6.45, 7) is 6.23. The van der Waals surface area contributed by atoms with Crippen LogP contribution in [0, 0.1) is 6.92 Å². The van der Waals surface area contributed by atoms with E-state index in [0.29, 0.717) is 22.1 Å². The average molecular weight is 379 g/mol. The van der Waals surface area contributed by atoms with Crippen molar-refractivity contribution >= 4 is 28.1 Å². The molecule has 5 nitrogen and oxygen atoms in total. The summed E-state index contributed by atoms with van der Waals surface area (Å²) in [6, 6.07) is 9.32. The van der Waals surface area contributed by atoms with Gasteiger partial charge < -0.3 is 9.15 Å². The van der Waals surface area contributed by atoms with Crippen LogP contribution >= 0.6 is 15.9 Å². The number of hydrogen-bond acceptors (Lipinski definition) is 4. The van der Waals surface area contributed by atoms with E-state index in [0.717, 1.165) is 5.56 Å². The lowest BCUT2D eigenvalue weighted by Crippen LogP contribution is -2.24. The van der Waals surface area contributed by atoms with E-state index in [9.17, 15) is 4.79 Å². The first-order valence-corrected chi connectivity index (χ1v) is 8.05. The van der Waals surface area contributed by atoms with E-state index in [-0.39, 0.29) is 12.5 Å². The predicted octanol–water partition coefficient (Wildman–Crippen LogP) is 4.00. The summed E-state index contributed by atoms with van der Waals surface area (Å²) in [7, 11) is 0. The molecular formula is C17H19BrN2O3. The molecule has 2 rings (SSSR count). The highest BCUT2D eigenvalue weighted by atomic mass is 79.9. The number of carbonyl (C=O) groups is 1. The number of nitrogens with zero attached hydrogens (tertiary/aromatic N) is 1. The fourth-order valence-corrected chi connectivity index (χ4v) is 2.45. The van der Waals surface area contributed by atoms with Gasteiger partial charge in [-0.3, -0.25) is 4.79 Å². The molecule has 0 atom stereocenters. The Hall–Kier alpha value is -2.08. The van der Waals surface area contributed by atoms with Crippen LogP contribution < -0.4 is 10.2 Å². The van der Waals surface area contributed by atoms with E-state index in [2.05, 4.69) is 40.3 Å². The van der Waals surface area contributed by atoms with Gasteiger partial charge in [-0.1, -0.05) is 19.9 Å². The lowest BCUT2D eigenvalue weighted by Gasteiger charge is -2.12. The first kappa shape index (κ1) is 17.3. The highest BCUT2D eigenvalue weighted by Crippen LogP contribution is 2.23. The summed E-state index contributed by atoms with van der Waals surface area (Å²) in [5.41, 5.74) is 4.81. The number of aryl methyl sites for hydroxylation is 1. The van der Waals surface area contributed by atoms with Crippen LogP contribution in [0.1, 0.15) is 36.7 Å². The zero-order valence-electron chi connectivity index (χ0n) is 13.3. The van der Waals surface area contributed by atoms with E-state index >= 15 is 0 Å². The first-order chi connectivity index (χ1) is 11.0. The van der Waals surface area contributed by atoms with Gasteiger partial charge in [-0.05, 0) is 64.2 Å². The number of hydrogen-bond donors (Lipinski definition) is 1. The molecule has 0 bridgehead atoms. The van der Waals surface area contributed by atoms with Crippen molar-refractivity contribution in [2.45, 2.75) is 26.7 Å². The van der Waals surface area contributed by atoms with Gasteiger partial charge in [-0.15, -0.1) is 0 Å². The van der Waals surface area contributed by atoms with Gasteiger partial charge in [0.15, 0.2) is 11.3 Å². The third-order valence-electron chi connectivity index (χ3n) is 3.21. The van der Waals surface area contributed by atoms with Crippen LogP contribution in [0.15, 0.2) is 44.5 Å². The van der Waals surface area contributed by atoms with Crippen molar-refractivity contribution in [1.82, 2.24) is 5.43 Å². The smallest absolute Gasteiger partial charge is 0.277 e. The second kappa shape index (κ2) is 7.97.